The van der Waals surface area contributed by atoms with Gasteiger partial charge in [0.25, 0.3) is 0 Å². The summed E-state index contributed by atoms with van der Waals surface area (Å²) in [6, 6.07) is 11.8. The first kappa shape index (κ1) is 17.3. The lowest BCUT2D eigenvalue weighted by Crippen LogP contribution is -2.29. The summed E-state index contributed by atoms with van der Waals surface area (Å²) in [5.74, 6) is 1.03. The predicted octanol–water partition coefficient (Wildman–Crippen LogP) is 3.75. The first-order chi connectivity index (χ1) is 11.0. The molecule has 1 amide bonds. The fourth-order valence-electron chi connectivity index (χ4n) is 2.47. The zero-order valence-electron chi connectivity index (χ0n) is 14.0. The fraction of sp³-hybridized carbons (Fsp3) is 0.421. The number of carbonyl (C=O) groups is 1. The molecule has 0 aliphatic rings. The van der Waals surface area contributed by atoms with Gasteiger partial charge < -0.3 is 14.8 Å². The average Bonchev–Trinajstić information content (AvgIpc) is 3.07. The fourth-order valence-corrected chi connectivity index (χ4v) is 2.47. The highest BCUT2D eigenvalue weighted by Gasteiger charge is 2.15. The van der Waals surface area contributed by atoms with E-state index in [2.05, 4.69) is 43.4 Å². The number of amides is 1. The largest absolute Gasteiger partial charge is 0.467 e. The Labute approximate surface area is 137 Å². The maximum absolute atomic E-state index is 12.0. The molecule has 0 radical (unpaired) electrons. The Morgan fingerprint density at radius 2 is 1.78 bits per heavy atom. The van der Waals surface area contributed by atoms with Crippen molar-refractivity contribution in [2.45, 2.75) is 45.1 Å². The van der Waals surface area contributed by atoms with E-state index in [0.29, 0.717) is 18.1 Å². The van der Waals surface area contributed by atoms with Crippen LogP contribution < -0.4 is 5.32 Å². The van der Waals surface area contributed by atoms with Gasteiger partial charge in [-0.3, -0.25) is 4.79 Å². The summed E-state index contributed by atoms with van der Waals surface area (Å²) in [7, 11) is 0. The number of furan rings is 1. The monoisotopic (exact) mass is 315 g/mol. The van der Waals surface area contributed by atoms with Gasteiger partial charge in [0.15, 0.2) is 0 Å². The number of benzene rings is 1. The molecule has 23 heavy (non-hydrogen) atoms. The molecule has 2 aromatic rings. The van der Waals surface area contributed by atoms with Crippen molar-refractivity contribution in [1.29, 1.82) is 0 Å². The molecule has 2 N–H and O–H groups in total. The summed E-state index contributed by atoms with van der Waals surface area (Å²) in [6.07, 6.45) is 1.09. The number of hydrogen-bond acceptors (Lipinski definition) is 3. The van der Waals surface area contributed by atoms with E-state index in [0.717, 1.165) is 5.56 Å². The minimum absolute atomic E-state index is 0.0731. The van der Waals surface area contributed by atoms with Gasteiger partial charge in [-0.15, -0.1) is 0 Å². The van der Waals surface area contributed by atoms with Crippen LogP contribution in [0.15, 0.2) is 47.1 Å². The highest BCUT2D eigenvalue weighted by molar-refractivity contribution is 5.76. The molecule has 2 unspecified atom stereocenters. The molecule has 1 aromatic heterocycles. The van der Waals surface area contributed by atoms with Gasteiger partial charge in [-0.2, -0.15) is 0 Å². The van der Waals surface area contributed by atoms with Crippen LogP contribution in [0.4, 0.5) is 0 Å². The molecule has 0 aliphatic carbocycles. The Balaban J connectivity index is 1.82. The molecule has 0 fully saturated rings. The van der Waals surface area contributed by atoms with Crippen molar-refractivity contribution in [3.8, 4) is 0 Å². The van der Waals surface area contributed by atoms with Gasteiger partial charge in [0.1, 0.15) is 11.9 Å². The predicted molar refractivity (Wildman–Crippen MR) is 90.2 cm³/mol. The van der Waals surface area contributed by atoms with Crippen LogP contribution in [0.1, 0.15) is 62.0 Å². The maximum Gasteiger partial charge on any atom is 0.220 e. The molecule has 2 rings (SSSR count). The van der Waals surface area contributed by atoms with Gasteiger partial charge in [-0.25, -0.2) is 0 Å². The molecule has 2 atom stereocenters. The molecular weight excluding hydrogens is 290 g/mol. The van der Waals surface area contributed by atoms with Crippen LogP contribution in [0.3, 0.4) is 0 Å². The minimum Gasteiger partial charge on any atom is -0.467 e. The Morgan fingerprint density at radius 1 is 1.13 bits per heavy atom. The number of rotatable bonds is 7. The van der Waals surface area contributed by atoms with Gasteiger partial charge in [0.05, 0.1) is 12.8 Å². The lowest BCUT2D eigenvalue weighted by molar-refractivity contribution is -0.121. The highest BCUT2D eigenvalue weighted by atomic mass is 16.4. The zero-order chi connectivity index (χ0) is 16.8. The van der Waals surface area contributed by atoms with E-state index >= 15 is 0 Å². The van der Waals surface area contributed by atoms with E-state index in [1.165, 1.54) is 11.8 Å². The lowest BCUT2D eigenvalue weighted by atomic mass is 9.94. The second kappa shape index (κ2) is 7.97. The molecule has 0 aliphatic heterocycles. The first-order valence-corrected chi connectivity index (χ1v) is 8.05. The Hall–Kier alpha value is -2.07. The van der Waals surface area contributed by atoms with Gasteiger partial charge in [0.2, 0.25) is 5.91 Å². The number of carbonyl (C=O) groups excluding carboxylic acids is 1. The Bertz CT molecular complexity index is 602. The minimum atomic E-state index is -0.811. The van der Waals surface area contributed by atoms with Crippen LogP contribution >= 0.6 is 0 Å². The zero-order valence-corrected chi connectivity index (χ0v) is 14.0. The summed E-state index contributed by atoms with van der Waals surface area (Å²) in [4.78, 5) is 12.0. The van der Waals surface area contributed by atoms with Crippen molar-refractivity contribution < 1.29 is 14.3 Å². The number of aliphatic hydroxyl groups excluding tert-OH is 1. The van der Waals surface area contributed by atoms with Crippen LogP contribution in [0.5, 0.6) is 0 Å². The quantitative estimate of drug-likeness (QED) is 0.818. The van der Waals surface area contributed by atoms with Crippen molar-refractivity contribution in [2.75, 3.05) is 6.54 Å². The van der Waals surface area contributed by atoms with Crippen molar-refractivity contribution in [2.24, 2.45) is 0 Å². The summed E-state index contributed by atoms with van der Waals surface area (Å²) in [6.45, 7) is 6.52. The van der Waals surface area contributed by atoms with E-state index in [4.69, 9.17) is 4.42 Å². The van der Waals surface area contributed by atoms with E-state index < -0.39 is 6.10 Å². The summed E-state index contributed by atoms with van der Waals surface area (Å²) < 4.78 is 5.11. The first-order valence-electron chi connectivity index (χ1n) is 8.05. The molecule has 0 saturated carbocycles. The van der Waals surface area contributed by atoms with Crippen molar-refractivity contribution >= 4 is 5.91 Å². The van der Waals surface area contributed by atoms with Crippen LogP contribution in [-0.2, 0) is 4.79 Å². The van der Waals surface area contributed by atoms with Crippen LogP contribution in [0.25, 0.3) is 0 Å². The topological polar surface area (TPSA) is 62.5 Å². The van der Waals surface area contributed by atoms with E-state index in [1.54, 1.807) is 12.1 Å². The third-order valence-corrected chi connectivity index (χ3v) is 4.03. The van der Waals surface area contributed by atoms with Gasteiger partial charge in [-0.05, 0) is 35.1 Å². The summed E-state index contributed by atoms with van der Waals surface area (Å²) in [5, 5.41) is 12.6. The number of nitrogens with one attached hydrogen (secondary N) is 1. The molecule has 124 valence electrons. The second-order valence-electron chi connectivity index (χ2n) is 6.26. The van der Waals surface area contributed by atoms with Crippen LogP contribution in [0.2, 0.25) is 0 Å². The van der Waals surface area contributed by atoms with Gasteiger partial charge >= 0.3 is 0 Å². The second-order valence-corrected chi connectivity index (χ2v) is 6.26. The third kappa shape index (κ3) is 4.96. The lowest BCUT2D eigenvalue weighted by Gasteiger charge is -2.14. The van der Waals surface area contributed by atoms with Crippen molar-refractivity contribution in [1.82, 2.24) is 5.32 Å². The van der Waals surface area contributed by atoms with Gasteiger partial charge in [-0.1, -0.05) is 45.0 Å². The number of aliphatic hydroxyl groups is 1. The third-order valence-electron chi connectivity index (χ3n) is 4.03. The SMILES string of the molecule is CC(C)c1ccc(C(C)CC(=O)NCC(O)c2ccco2)cc1. The molecule has 1 aromatic carbocycles. The van der Waals surface area contributed by atoms with E-state index in [1.807, 2.05) is 6.92 Å². The molecule has 0 saturated heterocycles. The summed E-state index contributed by atoms with van der Waals surface area (Å²) >= 11 is 0. The summed E-state index contributed by atoms with van der Waals surface area (Å²) in [5.41, 5.74) is 2.45. The molecule has 1 heterocycles. The van der Waals surface area contributed by atoms with Crippen LogP contribution in [0, 0.1) is 0 Å². The van der Waals surface area contributed by atoms with Crippen molar-refractivity contribution in [3.05, 3.63) is 59.5 Å². The smallest absolute Gasteiger partial charge is 0.220 e. The average molecular weight is 315 g/mol. The molecule has 4 nitrogen and oxygen atoms in total. The standard InChI is InChI=1S/C19H25NO3/c1-13(2)15-6-8-16(9-7-15)14(3)11-19(22)20-12-17(21)18-5-4-10-23-18/h4-10,13-14,17,21H,11-12H2,1-3H3,(H,20,22). The molecule has 4 heteroatoms. The van der Waals surface area contributed by atoms with Crippen molar-refractivity contribution in [3.63, 3.8) is 0 Å². The molecule has 0 spiro atoms. The highest BCUT2D eigenvalue weighted by Crippen LogP contribution is 2.22. The Kier molecular flexibility index (Phi) is 5.99. The van der Waals surface area contributed by atoms with Gasteiger partial charge in [0, 0.05) is 6.42 Å². The van der Waals surface area contributed by atoms with Crippen LogP contribution in [-0.4, -0.2) is 17.6 Å². The van der Waals surface area contributed by atoms with E-state index in [-0.39, 0.29) is 18.4 Å². The number of hydrogen-bond donors (Lipinski definition) is 2. The molecule has 0 bridgehead atoms. The molecular formula is C19H25NO3. The normalized spacial score (nSPS) is 13.8. The Morgan fingerprint density at radius 3 is 2.35 bits per heavy atom. The maximum atomic E-state index is 12.0. The van der Waals surface area contributed by atoms with E-state index in [9.17, 15) is 9.90 Å².